The Morgan fingerprint density at radius 2 is 1.89 bits per heavy atom. The lowest BCUT2D eigenvalue weighted by Gasteiger charge is -2.05. The molecule has 1 heterocycles. The van der Waals surface area contributed by atoms with E-state index in [9.17, 15) is 14.9 Å². The van der Waals surface area contributed by atoms with Crippen molar-refractivity contribution < 1.29 is 9.72 Å². The lowest BCUT2D eigenvalue weighted by Crippen LogP contribution is -2.09. The smallest absolute Gasteiger partial charge is 0.270 e. The molecule has 0 unspecified atom stereocenters. The Labute approximate surface area is 156 Å². The molecule has 0 aliphatic rings. The van der Waals surface area contributed by atoms with E-state index in [1.54, 1.807) is 16.8 Å². The molecule has 7 nitrogen and oxygen atoms in total. The van der Waals surface area contributed by atoms with E-state index in [0.29, 0.717) is 16.9 Å². The van der Waals surface area contributed by atoms with E-state index < -0.39 is 4.92 Å². The number of hydrogen-bond acceptors (Lipinski definition) is 4. The molecule has 7 heteroatoms. The third kappa shape index (κ3) is 4.09. The highest BCUT2D eigenvalue weighted by molar-refractivity contribution is 6.02. The SMILES string of the molecule is Cc1nn(-c2ccccc2)c(C)c1NC(=O)/C=C/c1cccc([N+](=O)[O-])c1. The molecule has 0 atom stereocenters. The summed E-state index contributed by atoms with van der Waals surface area (Å²) in [5.41, 5.74) is 3.63. The standard InChI is InChI=1S/C20H18N4O3/c1-14-20(15(2)23(22-14)17-8-4-3-5-9-17)21-19(25)12-11-16-7-6-10-18(13-16)24(26)27/h3-13H,1-2H3,(H,21,25)/b12-11+. The van der Waals surface area contributed by atoms with E-state index in [0.717, 1.165) is 11.4 Å². The monoisotopic (exact) mass is 362 g/mol. The molecule has 0 spiro atoms. The largest absolute Gasteiger partial charge is 0.319 e. The summed E-state index contributed by atoms with van der Waals surface area (Å²) in [7, 11) is 0. The van der Waals surface area contributed by atoms with E-state index in [1.165, 1.54) is 24.3 Å². The van der Waals surface area contributed by atoms with Gasteiger partial charge in [0, 0.05) is 18.2 Å². The molecule has 0 aliphatic heterocycles. The lowest BCUT2D eigenvalue weighted by atomic mass is 10.2. The highest BCUT2D eigenvalue weighted by atomic mass is 16.6. The van der Waals surface area contributed by atoms with Gasteiger partial charge in [0.1, 0.15) is 0 Å². The third-order valence-electron chi connectivity index (χ3n) is 4.05. The van der Waals surface area contributed by atoms with Crippen molar-refractivity contribution in [1.82, 2.24) is 9.78 Å². The second kappa shape index (κ2) is 7.65. The van der Waals surface area contributed by atoms with Crippen molar-refractivity contribution in [3.05, 3.63) is 87.7 Å². The highest BCUT2D eigenvalue weighted by Gasteiger charge is 2.14. The molecule has 3 aromatic rings. The quantitative estimate of drug-likeness (QED) is 0.421. The maximum atomic E-state index is 12.3. The summed E-state index contributed by atoms with van der Waals surface area (Å²) < 4.78 is 1.77. The van der Waals surface area contributed by atoms with Crippen molar-refractivity contribution in [1.29, 1.82) is 0 Å². The van der Waals surface area contributed by atoms with Crippen molar-refractivity contribution in [2.24, 2.45) is 0 Å². The summed E-state index contributed by atoms with van der Waals surface area (Å²) >= 11 is 0. The van der Waals surface area contributed by atoms with Crippen LogP contribution in [0.3, 0.4) is 0 Å². The molecule has 1 amide bonds. The number of non-ortho nitro benzene ring substituents is 1. The van der Waals surface area contributed by atoms with Crippen LogP contribution in [-0.4, -0.2) is 20.6 Å². The Morgan fingerprint density at radius 1 is 1.15 bits per heavy atom. The van der Waals surface area contributed by atoms with E-state index in [1.807, 2.05) is 44.2 Å². The minimum Gasteiger partial charge on any atom is -0.319 e. The first-order valence-electron chi connectivity index (χ1n) is 8.31. The Hall–Kier alpha value is -3.74. The molecule has 0 saturated heterocycles. The number of hydrogen-bond donors (Lipinski definition) is 1. The molecule has 0 saturated carbocycles. The fourth-order valence-corrected chi connectivity index (χ4v) is 2.72. The first-order chi connectivity index (χ1) is 13.0. The average molecular weight is 362 g/mol. The highest BCUT2D eigenvalue weighted by Crippen LogP contribution is 2.23. The molecule has 0 aliphatic carbocycles. The molecule has 0 bridgehead atoms. The number of para-hydroxylation sites is 1. The number of carbonyl (C=O) groups is 1. The summed E-state index contributed by atoms with van der Waals surface area (Å²) in [5.74, 6) is -0.333. The van der Waals surface area contributed by atoms with Gasteiger partial charge >= 0.3 is 0 Å². The van der Waals surface area contributed by atoms with Gasteiger partial charge in [0.15, 0.2) is 0 Å². The van der Waals surface area contributed by atoms with E-state index in [-0.39, 0.29) is 11.6 Å². The van der Waals surface area contributed by atoms with Gasteiger partial charge in [0.2, 0.25) is 5.91 Å². The van der Waals surface area contributed by atoms with Crippen molar-refractivity contribution in [3.8, 4) is 5.69 Å². The van der Waals surface area contributed by atoms with Crippen molar-refractivity contribution in [2.75, 3.05) is 5.32 Å². The first kappa shape index (κ1) is 18.1. The topological polar surface area (TPSA) is 90.1 Å². The van der Waals surface area contributed by atoms with Gasteiger partial charge in [-0.25, -0.2) is 4.68 Å². The Balaban J connectivity index is 1.78. The fourth-order valence-electron chi connectivity index (χ4n) is 2.72. The summed E-state index contributed by atoms with van der Waals surface area (Å²) in [6, 6.07) is 15.7. The van der Waals surface area contributed by atoms with Gasteiger partial charge in [-0.3, -0.25) is 14.9 Å². The zero-order chi connectivity index (χ0) is 19.4. The van der Waals surface area contributed by atoms with Gasteiger partial charge in [-0.05, 0) is 37.6 Å². The first-order valence-corrected chi connectivity index (χ1v) is 8.31. The minimum absolute atomic E-state index is 0.0200. The molecule has 3 rings (SSSR count). The zero-order valence-corrected chi connectivity index (χ0v) is 14.9. The second-order valence-electron chi connectivity index (χ2n) is 5.97. The second-order valence-corrected chi connectivity index (χ2v) is 5.97. The van der Waals surface area contributed by atoms with Crippen LogP contribution in [0.15, 0.2) is 60.7 Å². The minimum atomic E-state index is -0.470. The van der Waals surface area contributed by atoms with E-state index in [4.69, 9.17) is 0 Å². The fraction of sp³-hybridized carbons (Fsp3) is 0.100. The maximum absolute atomic E-state index is 12.3. The molecular formula is C20H18N4O3. The summed E-state index contributed by atoms with van der Waals surface area (Å²) in [6.45, 7) is 3.71. The number of nitro benzene ring substituents is 1. The Bertz CT molecular complexity index is 1020. The molecule has 27 heavy (non-hydrogen) atoms. The van der Waals surface area contributed by atoms with Crippen LogP contribution in [0.1, 0.15) is 17.0 Å². The number of nitro groups is 1. The van der Waals surface area contributed by atoms with E-state index in [2.05, 4.69) is 10.4 Å². The van der Waals surface area contributed by atoms with Gasteiger partial charge < -0.3 is 5.32 Å². The van der Waals surface area contributed by atoms with Crippen LogP contribution in [0.2, 0.25) is 0 Å². The van der Waals surface area contributed by atoms with Crippen molar-refractivity contribution in [3.63, 3.8) is 0 Å². The van der Waals surface area contributed by atoms with Crippen LogP contribution < -0.4 is 5.32 Å². The maximum Gasteiger partial charge on any atom is 0.270 e. The molecule has 2 aromatic carbocycles. The van der Waals surface area contributed by atoms with Gasteiger partial charge in [-0.15, -0.1) is 0 Å². The van der Waals surface area contributed by atoms with Crippen LogP contribution in [0, 0.1) is 24.0 Å². The average Bonchev–Trinajstić information content (AvgIpc) is 2.95. The van der Waals surface area contributed by atoms with Crippen LogP contribution in [0.25, 0.3) is 11.8 Å². The summed E-state index contributed by atoms with van der Waals surface area (Å²) in [6.07, 6.45) is 2.88. The molecular weight excluding hydrogens is 344 g/mol. The van der Waals surface area contributed by atoms with Crippen LogP contribution in [0.4, 0.5) is 11.4 Å². The zero-order valence-electron chi connectivity index (χ0n) is 14.9. The van der Waals surface area contributed by atoms with Gasteiger partial charge in [0.05, 0.1) is 27.7 Å². The number of nitrogens with zero attached hydrogens (tertiary/aromatic N) is 3. The Morgan fingerprint density at radius 3 is 2.59 bits per heavy atom. The van der Waals surface area contributed by atoms with Crippen molar-refractivity contribution in [2.45, 2.75) is 13.8 Å². The number of carbonyl (C=O) groups excluding carboxylic acids is 1. The molecule has 136 valence electrons. The van der Waals surface area contributed by atoms with Crippen LogP contribution in [0.5, 0.6) is 0 Å². The Kier molecular flexibility index (Phi) is 5.12. The van der Waals surface area contributed by atoms with Gasteiger partial charge in [0.25, 0.3) is 5.69 Å². The van der Waals surface area contributed by atoms with Crippen LogP contribution >= 0.6 is 0 Å². The number of rotatable bonds is 5. The molecule has 1 aromatic heterocycles. The summed E-state index contributed by atoms with van der Waals surface area (Å²) in [4.78, 5) is 22.6. The number of anilines is 1. The number of benzene rings is 2. The number of aryl methyl sites for hydroxylation is 1. The number of aromatic nitrogens is 2. The molecule has 1 N–H and O–H groups in total. The normalized spacial score (nSPS) is 10.9. The van der Waals surface area contributed by atoms with Gasteiger partial charge in [-0.2, -0.15) is 5.10 Å². The third-order valence-corrected chi connectivity index (χ3v) is 4.05. The summed E-state index contributed by atoms with van der Waals surface area (Å²) in [5, 5.41) is 18.1. The number of amides is 1. The predicted octanol–water partition coefficient (Wildman–Crippen LogP) is 4.05. The predicted molar refractivity (Wildman–Crippen MR) is 104 cm³/mol. The molecule has 0 radical (unpaired) electrons. The lowest BCUT2D eigenvalue weighted by molar-refractivity contribution is -0.384. The van der Waals surface area contributed by atoms with E-state index >= 15 is 0 Å². The molecule has 0 fully saturated rings. The number of nitrogens with one attached hydrogen (secondary N) is 1. The van der Waals surface area contributed by atoms with Gasteiger partial charge in [-0.1, -0.05) is 30.3 Å². The van der Waals surface area contributed by atoms with Crippen molar-refractivity contribution >= 4 is 23.4 Å². The van der Waals surface area contributed by atoms with Crippen LogP contribution in [-0.2, 0) is 4.79 Å².